The zero-order valence-corrected chi connectivity index (χ0v) is 16.3. The van der Waals surface area contributed by atoms with E-state index >= 15 is 0 Å². The van der Waals surface area contributed by atoms with Crippen LogP contribution >= 0.6 is 0 Å². The van der Waals surface area contributed by atoms with E-state index < -0.39 is 6.10 Å². The molecule has 22 heavy (non-hydrogen) atoms. The van der Waals surface area contributed by atoms with E-state index in [0.29, 0.717) is 6.42 Å². The van der Waals surface area contributed by atoms with Gasteiger partial charge in [-0.05, 0) is 30.7 Å². The van der Waals surface area contributed by atoms with Crippen LogP contribution in [-0.4, -0.2) is 17.0 Å². The Balaban J connectivity index is 0.00000242. The van der Waals surface area contributed by atoms with Gasteiger partial charge < -0.3 is 12.0 Å². The molecule has 0 saturated heterocycles. The summed E-state index contributed by atoms with van der Waals surface area (Å²) in [7, 11) is 0. The number of rotatable bonds is 8. The third-order valence-electron chi connectivity index (χ3n) is 4.71. The Morgan fingerprint density at radius 3 is 2.50 bits per heavy atom. The second-order valence-electron chi connectivity index (χ2n) is 6.24. The van der Waals surface area contributed by atoms with E-state index in [-0.39, 0.29) is 50.3 Å². The molecule has 0 aliphatic heterocycles. The van der Waals surface area contributed by atoms with E-state index in [9.17, 15) is 9.90 Å². The summed E-state index contributed by atoms with van der Waals surface area (Å²) in [5, 5.41) is 10.2. The average Bonchev–Trinajstić information content (AvgIpc) is 2.76. The van der Waals surface area contributed by atoms with Gasteiger partial charge in [-0.15, -0.1) is 0 Å². The van der Waals surface area contributed by atoms with Gasteiger partial charge in [0.1, 0.15) is 5.78 Å². The molecule has 3 heteroatoms. The van der Waals surface area contributed by atoms with Gasteiger partial charge in [-0.3, -0.25) is 4.79 Å². The number of aryl methyl sites for hydroxylation is 1. The fourth-order valence-corrected chi connectivity index (χ4v) is 3.48. The predicted octanol–water partition coefficient (Wildman–Crippen LogP) is 3.97. The summed E-state index contributed by atoms with van der Waals surface area (Å²) in [6, 6.07) is 10.3. The number of hydrogen-bond donors (Lipinski definition) is 1. The number of aliphatic hydroxyl groups is 1. The standard InChI is InChI=1S/C19H27O2.Y/c1-2-3-4-8-11-16-17(19(21)14-18(16)20)13-12-15-9-6-5-7-10-15;/h5-7,9-10,16-18,20H,1-4,8,11-14H2;/q-1;/t16-,17-,18?;/m1./s1. The Morgan fingerprint density at radius 2 is 1.82 bits per heavy atom. The predicted molar refractivity (Wildman–Crippen MR) is 85.8 cm³/mol. The smallest absolute Gasteiger partial charge is 0.138 e. The fourth-order valence-electron chi connectivity index (χ4n) is 3.48. The van der Waals surface area contributed by atoms with E-state index in [2.05, 4.69) is 19.1 Å². The van der Waals surface area contributed by atoms with Gasteiger partial charge in [-0.2, -0.15) is 6.42 Å². The molecular formula is C19H27O2Y-. The van der Waals surface area contributed by atoms with Crippen molar-refractivity contribution in [3.63, 3.8) is 0 Å². The number of Topliss-reactive ketones (excluding diaryl/α,β-unsaturated/α-hetero) is 1. The molecule has 1 fully saturated rings. The molecule has 1 aromatic carbocycles. The number of benzene rings is 1. The largest absolute Gasteiger partial charge is 0.392 e. The van der Waals surface area contributed by atoms with Crippen molar-refractivity contribution >= 4 is 5.78 Å². The van der Waals surface area contributed by atoms with Crippen molar-refractivity contribution in [2.45, 2.75) is 57.5 Å². The van der Waals surface area contributed by atoms with Gasteiger partial charge in [0, 0.05) is 45.0 Å². The molecule has 119 valence electrons. The number of carbonyl (C=O) groups excluding carboxylic acids is 1. The van der Waals surface area contributed by atoms with Gasteiger partial charge in [-0.1, -0.05) is 49.6 Å². The SMILES string of the molecule is [CH2-]CCCCC[C@H]1C(O)CC(=O)[C@@H]1CCc1ccccc1.[Y]. The second-order valence-corrected chi connectivity index (χ2v) is 6.24. The number of unbranched alkanes of at least 4 members (excludes halogenated alkanes) is 3. The molecule has 1 radical (unpaired) electrons. The van der Waals surface area contributed by atoms with Crippen molar-refractivity contribution in [3.8, 4) is 0 Å². The molecule has 1 unspecified atom stereocenters. The molecule has 2 nitrogen and oxygen atoms in total. The minimum absolute atomic E-state index is 0. The Hall–Kier alpha value is -0.0461. The Morgan fingerprint density at radius 1 is 1.09 bits per heavy atom. The van der Waals surface area contributed by atoms with Gasteiger partial charge in [0.15, 0.2) is 0 Å². The molecule has 1 aromatic rings. The minimum atomic E-state index is -0.418. The molecule has 1 N–H and O–H groups in total. The summed E-state index contributed by atoms with van der Waals surface area (Å²) in [5.74, 6) is 0.492. The van der Waals surface area contributed by atoms with E-state index in [1.807, 2.05) is 18.2 Å². The molecular weight excluding hydrogens is 349 g/mol. The summed E-state index contributed by atoms with van der Waals surface area (Å²) >= 11 is 0. The first-order valence-corrected chi connectivity index (χ1v) is 8.26. The molecule has 2 rings (SSSR count). The number of aliphatic hydroxyl groups excluding tert-OH is 1. The third kappa shape index (κ3) is 5.87. The molecule has 1 saturated carbocycles. The number of ketones is 1. The van der Waals surface area contributed by atoms with Crippen molar-refractivity contribution in [2.75, 3.05) is 0 Å². The van der Waals surface area contributed by atoms with Gasteiger partial charge >= 0.3 is 0 Å². The van der Waals surface area contributed by atoms with Crippen LogP contribution in [0.5, 0.6) is 0 Å². The van der Waals surface area contributed by atoms with Crippen LogP contribution in [0, 0.1) is 18.8 Å². The quantitative estimate of drug-likeness (QED) is 0.551. The van der Waals surface area contributed by atoms with Crippen LogP contribution in [-0.2, 0) is 43.9 Å². The molecule has 3 atom stereocenters. The number of hydrogen-bond acceptors (Lipinski definition) is 2. The minimum Gasteiger partial charge on any atom is -0.392 e. The maximum absolute atomic E-state index is 12.1. The van der Waals surface area contributed by atoms with Crippen LogP contribution in [0.1, 0.15) is 50.5 Å². The van der Waals surface area contributed by atoms with Gasteiger partial charge in [-0.25, -0.2) is 0 Å². The maximum atomic E-state index is 12.1. The summed E-state index contributed by atoms with van der Waals surface area (Å²) in [5.41, 5.74) is 1.28. The summed E-state index contributed by atoms with van der Waals surface area (Å²) in [6.07, 6.45) is 7.11. The average molecular weight is 376 g/mol. The molecule has 0 aromatic heterocycles. The van der Waals surface area contributed by atoms with Crippen molar-refractivity contribution in [1.82, 2.24) is 0 Å². The van der Waals surface area contributed by atoms with Crippen molar-refractivity contribution < 1.29 is 42.6 Å². The summed E-state index contributed by atoms with van der Waals surface area (Å²) in [4.78, 5) is 12.1. The second kappa shape index (κ2) is 10.7. The van der Waals surface area contributed by atoms with Crippen molar-refractivity contribution in [3.05, 3.63) is 42.8 Å². The topological polar surface area (TPSA) is 37.3 Å². The molecule has 0 amide bonds. The fraction of sp³-hybridized carbons (Fsp3) is 0.579. The third-order valence-corrected chi connectivity index (χ3v) is 4.71. The van der Waals surface area contributed by atoms with Crippen molar-refractivity contribution in [1.29, 1.82) is 0 Å². The Labute approximate surface area is 160 Å². The van der Waals surface area contributed by atoms with E-state index in [1.165, 1.54) is 5.56 Å². The van der Waals surface area contributed by atoms with Crippen LogP contribution in [0.2, 0.25) is 0 Å². The van der Waals surface area contributed by atoms with E-state index in [1.54, 1.807) is 0 Å². The van der Waals surface area contributed by atoms with Crippen LogP contribution in [0.15, 0.2) is 30.3 Å². The van der Waals surface area contributed by atoms with Gasteiger partial charge in [0.25, 0.3) is 0 Å². The Kier molecular flexibility index (Phi) is 9.71. The monoisotopic (exact) mass is 376 g/mol. The maximum Gasteiger partial charge on any atom is 0.138 e. The molecule has 1 aliphatic rings. The van der Waals surface area contributed by atoms with Crippen LogP contribution < -0.4 is 0 Å². The molecule has 0 spiro atoms. The van der Waals surface area contributed by atoms with Crippen LogP contribution in [0.25, 0.3) is 0 Å². The molecule has 0 heterocycles. The van der Waals surface area contributed by atoms with E-state index in [0.717, 1.165) is 44.9 Å². The van der Waals surface area contributed by atoms with Crippen molar-refractivity contribution in [2.24, 2.45) is 11.8 Å². The van der Waals surface area contributed by atoms with E-state index in [4.69, 9.17) is 0 Å². The van der Waals surface area contributed by atoms with Crippen LogP contribution in [0.4, 0.5) is 0 Å². The molecule has 1 aliphatic carbocycles. The summed E-state index contributed by atoms with van der Waals surface area (Å²) in [6.45, 7) is 3.86. The first kappa shape index (κ1) is 20.0. The Bertz CT molecular complexity index is 432. The van der Waals surface area contributed by atoms with Crippen LogP contribution in [0.3, 0.4) is 0 Å². The molecule has 0 bridgehead atoms. The van der Waals surface area contributed by atoms with Gasteiger partial charge in [0.05, 0.1) is 6.10 Å². The summed E-state index contributed by atoms with van der Waals surface area (Å²) < 4.78 is 0. The first-order valence-electron chi connectivity index (χ1n) is 8.26. The zero-order chi connectivity index (χ0) is 15.1. The van der Waals surface area contributed by atoms with Gasteiger partial charge in [0.2, 0.25) is 0 Å². The zero-order valence-electron chi connectivity index (χ0n) is 13.4. The first-order chi connectivity index (χ1) is 10.2. The number of carbonyl (C=O) groups is 1. The normalized spacial score (nSPS) is 24.3.